The monoisotopic (exact) mass is 81.1 g/mol. The van der Waals surface area contributed by atoms with E-state index in [1.807, 2.05) is 6.07 Å². The molecule has 1 heteroatoms. The molecular formula is C5H7N. The third-order valence-electron chi connectivity index (χ3n) is 0.440. The summed E-state index contributed by atoms with van der Waals surface area (Å²) >= 11 is 0. The van der Waals surface area contributed by atoms with Crippen molar-refractivity contribution in [3.63, 3.8) is 0 Å². The average Bonchev–Trinajstić information content (AvgIpc) is 1.61. The quantitative estimate of drug-likeness (QED) is 0.460. The van der Waals surface area contributed by atoms with Crippen molar-refractivity contribution in [2.24, 2.45) is 0 Å². The summed E-state index contributed by atoms with van der Waals surface area (Å²) in [6.45, 7) is 3.54. The van der Waals surface area contributed by atoms with Gasteiger partial charge in [-0.1, -0.05) is 13.3 Å². The third kappa shape index (κ3) is 3.49. The van der Waals surface area contributed by atoms with Gasteiger partial charge in [-0.15, -0.1) is 0 Å². The lowest BCUT2D eigenvalue weighted by atomic mass is 10.3. The minimum absolute atomic E-state index is 0.816. The molecule has 32 valence electrons. The number of unbranched alkanes of at least 4 members (excludes halogenated alkanes) is 2. The van der Waals surface area contributed by atoms with Crippen molar-refractivity contribution >= 4 is 0 Å². The molecule has 0 unspecified atom stereocenters. The van der Waals surface area contributed by atoms with Crippen LogP contribution in [0.3, 0.4) is 0 Å². The fourth-order valence-electron chi connectivity index (χ4n) is 0.167. The number of hydrogen-bond donors (Lipinski definition) is 0. The maximum absolute atomic E-state index is 7.86. The summed E-state index contributed by atoms with van der Waals surface area (Å²) in [7, 11) is 0. The van der Waals surface area contributed by atoms with Crippen LogP contribution in [0, 0.1) is 24.7 Å². The standard InChI is InChI=1S/C5H7N/c1-2-3-4-5-6/h4H,1-3H2. The highest BCUT2D eigenvalue weighted by Crippen LogP contribution is 1.86. The van der Waals surface area contributed by atoms with Gasteiger partial charge in [-0.2, -0.15) is 5.26 Å². The number of rotatable bonds is 2. The van der Waals surface area contributed by atoms with E-state index in [9.17, 15) is 0 Å². The lowest BCUT2D eigenvalue weighted by Crippen LogP contribution is -1.65. The van der Waals surface area contributed by atoms with Crippen molar-refractivity contribution in [1.29, 1.82) is 5.26 Å². The highest BCUT2D eigenvalue weighted by atomic mass is 14.2. The zero-order valence-corrected chi connectivity index (χ0v) is 3.65. The predicted octanol–water partition coefficient (Wildman–Crippen LogP) is 1.33. The summed E-state index contributed by atoms with van der Waals surface area (Å²) in [6.07, 6.45) is 3.19. The lowest BCUT2D eigenvalue weighted by molar-refractivity contribution is 1.01. The Balaban J connectivity index is 2.54. The highest BCUT2D eigenvalue weighted by Gasteiger charge is 1.75. The molecule has 0 fully saturated rings. The Bertz CT molecular complexity index is 51.4. The Hall–Kier alpha value is -0.510. The molecule has 0 saturated carbocycles. The third-order valence-corrected chi connectivity index (χ3v) is 0.440. The van der Waals surface area contributed by atoms with Crippen LogP contribution in [-0.2, 0) is 0 Å². The summed E-state index contributed by atoms with van der Waals surface area (Å²) in [5.41, 5.74) is 0. The van der Waals surface area contributed by atoms with E-state index in [0.29, 0.717) is 0 Å². The molecule has 0 aliphatic heterocycles. The molecule has 0 bridgehead atoms. The van der Waals surface area contributed by atoms with Crippen LogP contribution in [0.2, 0.25) is 0 Å². The molecule has 0 aliphatic carbocycles. The summed E-state index contributed by atoms with van der Waals surface area (Å²) in [5.74, 6) is 0. The normalized spacial score (nSPS) is 7.33. The predicted molar refractivity (Wildman–Crippen MR) is 24.5 cm³/mol. The van der Waals surface area contributed by atoms with Gasteiger partial charge in [0.05, 0.1) is 12.5 Å². The maximum Gasteiger partial charge on any atom is 0.0669 e. The first kappa shape index (κ1) is 5.49. The molecule has 6 heavy (non-hydrogen) atoms. The topological polar surface area (TPSA) is 23.8 Å². The van der Waals surface area contributed by atoms with Crippen LogP contribution in [0.4, 0.5) is 0 Å². The van der Waals surface area contributed by atoms with Gasteiger partial charge in [0.1, 0.15) is 0 Å². The van der Waals surface area contributed by atoms with Crippen molar-refractivity contribution in [3.8, 4) is 6.07 Å². The Morgan fingerprint density at radius 2 is 2.50 bits per heavy atom. The van der Waals surface area contributed by atoms with Crippen LogP contribution in [0.15, 0.2) is 0 Å². The van der Waals surface area contributed by atoms with E-state index in [0.717, 1.165) is 12.8 Å². The molecule has 0 saturated heterocycles. The minimum atomic E-state index is 0.816. The van der Waals surface area contributed by atoms with Gasteiger partial charge in [0, 0.05) is 0 Å². The molecule has 2 radical (unpaired) electrons. The smallest absolute Gasteiger partial charge is 0.0669 e. The zero-order chi connectivity index (χ0) is 4.83. The maximum atomic E-state index is 7.86. The van der Waals surface area contributed by atoms with Gasteiger partial charge in [-0.25, -0.2) is 0 Å². The zero-order valence-electron chi connectivity index (χ0n) is 3.65. The van der Waals surface area contributed by atoms with Crippen molar-refractivity contribution in [3.05, 3.63) is 13.3 Å². The molecule has 0 N–H and O–H groups in total. The molecule has 1 nitrogen and oxygen atoms in total. The van der Waals surface area contributed by atoms with E-state index in [4.69, 9.17) is 5.26 Å². The molecule has 0 spiro atoms. The van der Waals surface area contributed by atoms with Gasteiger partial charge in [-0.3, -0.25) is 0 Å². The molecule has 0 heterocycles. The molecule has 0 amide bonds. The second-order valence-corrected chi connectivity index (χ2v) is 0.975. The van der Waals surface area contributed by atoms with Gasteiger partial charge in [-0.05, 0) is 6.42 Å². The summed E-state index contributed by atoms with van der Waals surface area (Å²) < 4.78 is 0. The molecule has 0 rings (SSSR count). The molecular weight excluding hydrogens is 74.1 g/mol. The van der Waals surface area contributed by atoms with Crippen molar-refractivity contribution in [2.45, 2.75) is 12.8 Å². The van der Waals surface area contributed by atoms with E-state index < -0.39 is 0 Å². The van der Waals surface area contributed by atoms with E-state index in [1.165, 1.54) is 0 Å². The van der Waals surface area contributed by atoms with Crippen molar-refractivity contribution < 1.29 is 0 Å². The van der Waals surface area contributed by atoms with E-state index in [2.05, 4.69) is 6.92 Å². The van der Waals surface area contributed by atoms with Gasteiger partial charge in [0.2, 0.25) is 0 Å². The fraction of sp³-hybridized carbons (Fsp3) is 0.400. The Kier molecular flexibility index (Phi) is 4.11. The van der Waals surface area contributed by atoms with Crippen LogP contribution >= 0.6 is 0 Å². The van der Waals surface area contributed by atoms with E-state index >= 15 is 0 Å². The minimum Gasteiger partial charge on any atom is -0.198 e. The first-order chi connectivity index (χ1) is 2.91. The summed E-state index contributed by atoms with van der Waals surface area (Å²) in [5, 5.41) is 7.86. The largest absolute Gasteiger partial charge is 0.198 e. The van der Waals surface area contributed by atoms with Crippen LogP contribution in [0.25, 0.3) is 0 Å². The Morgan fingerprint density at radius 1 is 1.83 bits per heavy atom. The molecule has 0 aromatic heterocycles. The molecule has 0 atom stereocenters. The second-order valence-electron chi connectivity index (χ2n) is 0.975. The second kappa shape index (κ2) is 4.49. The van der Waals surface area contributed by atoms with Crippen LogP contribution in [-0.4, -0.2) is 0 Å². The molecule has 0 aromatic carbocycles. The van der Waals surface area contributed by atoms with Gasteiger partial charge in [0.15, 0.2) is 0 Å². The fourth-order valence-corrected chi connectivity index (χ4v) is 0.167. The average molecular weight is 81.1 g/mol. The van der Waals surface area contributed by atoms with E-state index in [1.54, 1.807) is 6.42 Å². The lowest BCUT2D eigenvalue weighted by Gasteiger charge is -1.76. The van der Waals surface area contributed by atoms with E-state index in [-0.39, 0.29) is 0 Å². The summed E-state index contributed by atoms with van der Waals surface area (Å²) in [6, 6.07) is 1.90. The summed E-state index contributed by atoms with van der Waals surface area (Å²) in [4.78, 5) is 0. The van der Waals surface area contributed by atoms with Crippen LogP contribution < -0.4 is 0 Å². The number of nitrogens with zero attached hydrogens (tertiary/aromatic N) is 1. The van der Waals surface area contributed by atoms with Crippen molar-refractivity contribution in [1.82, 2.24) is 0 Å². The van der Waals surface area contributed by atoms with Gasteiger partial charge in [0.25, 0.3) is 0 Å². The first-order valence-electron chi connectivity index (χ1n) is 1.92. The Labute approximate surface area is 38.6 Å². The Morgan fingerprint density at radius 3 is 2.67 bits per heavy atom. The number of hydrogen-bond acceptors (Lipinski definition) is 1. The van der Waals surface area contributed by atoms with Crippen LogP contribution in [0.5, 0.6) is 0 Å². The highest BCUT2D eigenvalue weighted by molar-refractivity contribution is 4.90. The molecule has 0 aromatic rings. The SMILES string of the molecule is [CH2]CC[CH]C#N. The first-order valence-corrected chi connectivity index (χ1v) is 1.92. The molecule has 0 aliphatic rings. The van der Waals surface area contributed by atoms with Gasteiger partial charge < -0.3 is 0 Å². The van der Waals surface area contributed by atoms with Gasteiger partial charge >= 0.3 is 0 Å². The van der Waals surface area contributed by atoms with Crippen LogP contribution in [0.1, 0.15) is 12.8 Å². The van der Waals surface area contributed by atoms with Crippen molar-refractivity contribution in [2.75, 3.05) is 0 Å². The number of nitriles is 1.